The van der Waals surface area contributed by atoms with Gasteiger partial charge in [0.2, 0.25) is 5.88 Å². The van der Waals surface area contributed by atoms with Crippen molar-refractivity contribution in [1.29, 1.82) is 0 Å². The number of aromatic nitrogens is 3. The van der Waals surface area contributed by atoms with Gasteiger partial charge in [-0.25, -0.2) is 9.67 Å². The third kappa shape index (κ3) is 4.56. The van der Waals surface area contributed by atoms with Gasteiger partial charge in [-0.05, 0) is 31.8 Å². The standard InChI is InChI=1S/C17H10ClN3O2S.C3H9N/c18-14-3-1-2-4-16(14)23-17-5-11-7-20-21(15(11)8-19-17)12-6-13(9-22)24-10-12;1-3-4-2/h1-10H;4H,3H2,1-2H3. The van der Waals surface area contributed by atoms with Crippen molar-refractivity contribution in [3.63, 3.8) is 0 Å². The van der Waals surface area contributed by atoms with Crippen molar-refractivity contribution >= 4 is 40.1 Å². The highest BCUT2D eigenvalue weighted by Crippen LogP contribution is 2.30. The summed E-state index contributed by atoms with van der Waals surface area (Å²) in [4.78, 5) is 15.8. The lowest BCUT2D eigenvalue weighted by atomic mass is 10.3. The molecule has 0 saturated carbocycles. The van der Waals surface area contributed by atoms with Crippen molar-refractivity contribution in [2.75, 3.05) is 13.6 Å². The van der Waals surface area contributed by atoms with Crippen LogP contribution in [0.3, 0.4) is 0 Å². The summed E-state index contributed by atoms with van der Waals surface area (Å²) in [5.74, 6) is 0.987. The van der Waals surface area contributed by atoms with E-state index in [9.17, 15) is 4.79 Å². The highest BCUT2D eigenvalue weighted by atomic mass is 35.5. The van der Waals surface area contributed by atoms with Crippen LogP contribution in [0.4, 0.5) is 0 Å². The summed E-state index contributed by atoms with van der Waals surface area (Å²) < 4.78 is 7.47. The molecule has 0 aliphatic heterocycles. The van der Waals surface area contributed by atoms with Gasteiger partial charge in [0.1, 0.15) is 5.75 Å². The second-order valence-corrected chi connectivity index (χ2v) is 7.05. The molecule has 3 aromatic heterocycles. The lowest BCUT2D eigenvalue weighted by molar-refractivity contribution is 0.112. The van der Waals surface area contributed by atoms with Gasteiger partial charge in [0.15, 0.2) is 6.29 Å². The van der Waals surface area contributed by atoms with E-state index in [4.69, 9.17) is 16.3 Å². The topological polar surface area (TPSA) is 69.0 Å². The Bertz CT molecular complexity index is 1070. The normalized spacial score (nSPS) is 10.4. The molecule has 1 N–H and O–H groups in total. The average Bonchev–Trinajstić information content (AvgIpc) is 3.36. The predicted octanol–water partition coefficient (Wildman–Crippen LogP) is 4.97. The third-order valence-corrected chi connectivity index (χ3v) is 4.96. The predicted molar refractivity (Wildman–Crippen MR) is 113 cm³/mol. The molecule has 0 unspecified atom stereocenters. The molecule has 0 bridgehead atoms. The molecule has 8 heteroatoms. The zero-order valence-corrected chi connectivity index (χ0v) is 17.0. The van der Waals surface area contributed by atoms with E-state index in [-0.39, 0.29) is 0 Å². The number of nitrogens with one attached hydrogen (secondary N) is 1. The lowest BCUT2D eigenvalue weighted by Crippen LogP contribution is -2.01. The molecule has 3 heterocycles. The van der Waals surface area contributed by atoms with Crippen LogP contribution in [0.25, 0.3) is 16.6 Å². The number of hydrogen-bond acceptors (Lipinski definition) is 6. The molecule has 0 fully saturated rings. The van der Waals surface area contributed by atoms with Crippen LogP contribution in [0, 0.1) is 0 Å². The Morgan fingerprint density at radius 3 is 2.75 bits per heavy atom. The van der Waals surface area contributed by atoms with Crippen molar-refractivity contribution in [3.05, 3.63) is 64.1 Å². The monoisotopic (exact) mass is 414 g/mol. The summed E-state index contributed by atoms with van der Waals surface area (Å²) in [5, 5.41) is 10.6. The molecule has 0 spiro atoms. The van der Waals surface area contributed by atoms with E-state index in [0.717, 1.165) is 29.4 Å². The fraction of sp³-hybridized carbons (Fsp3) is 0.150. The van der Waals surface area contributed by atoms with E-state index in [1.807, 2.05) is 24.6 Å². The Balaban J connectivity index is 0.000000516. The molecule has 0 aliphatic carbocycles. The van der Waals surface area contributed by atoms with Gasteiger partial charge in [0, 0.05) is 16.8 Å². The Kier molecular flexibility index (Phi) is 6.76. The number of aldehydes is 1. The number of para-hydroxylation sites is 1. The van der Waals surface area contributed by atoms with E-state index in [2.05, 4.69) is 22.3 Å². The number of carbonyl (C=O) groups is 1. The van der Waals surface area contributed by atoms with Crippen LogP contribution in [0.5, 0.6) is 11.6 Å². The van der Waals surface area contributed by atoms with Crippen LogP contribution >= 0.6 is 22.9 Å². The van der Waals surface area contributed by atoms with E-state index in [1.54, 1.807) is 41.3 Å². The maximum absolute atomic E-state index is 10.8. The Labute approximate surface area is 171 Å². The van der Waals surface area contributed by atoms with E-state index in [0.29, 0.717) is 21.5 Å². The quantitative estimate of drug-likeness (QED) is 0.467. The first-order valence-corrected chi connectivity index (χ1v) is 9.87. The van der Waals surface area contributed by atoms with Crippen LogP contribution in [-0.4, -0.2) is 34.6 Å². The summed E-state index contributed by atoms with van der Waals surface area (Å²) in [6.07, 6.45) is 4.25. The number of ether oxygens (including phenoxy) is 1. The van der Waals surface area contributed by atoms with Gasteiger partial charge < -0.3 is 10.1 Å². The molecule has 0 atom stereocenters. The molecule has 4 rings (SSSR count). The molecular formula is C20H19ClN4O2S. The molecule has 0 saturated heterocycles. The first kappa shape index (κ1) is 20.0. The number of halogens is 1. The molecule has 4 aromatic rings. The van der Waals surface area contributed by atoms with Gasteiger partial charge in [0.25, 0.3) is 0 Å². The van der Waals surface area contributed by atoms with Crippen molar-refractivity contribution < 1.29 is 9.53 Å². The zero-order valence-electron chi connectivity index (χ0n) is 15.4. The molecule has 1 aromatic carbocycles. The van der Waals surface area contributed by atoms with Gasteiger partial charge in [0.05, 0.1) is 33.5 Å². The van der Waals surface area contributed by atoms with Crippen LogP contribution in [0.15, 0.2) is 54.2 Å². The Morgan fingerprint density at radius 2 is 2.07 bits per heavy atom. The Morgan fingerprint density at radius 1 is 1.29 bits per heavy atom. The average molecular weight is 415 g/mol. The lowest BCUT2D eigenvalue weighted by Gasteiger charge is -2.06. The van der Waals surface area contributed by atoms with Gasteiger partial charge in [-0.2, -0.15) is 5.10 Å². The second-order valence-electron chi connectivity index (χ2n) is 5.70. The highest BCUT2D eigenvalue weighted by Gasteiger charge is 2.10. The van der Waals surface area contributed by atoms with Crippen molar-refractivity contribution in [2.24, 2.45) is 0 Å². The molecule has 0 radical (unpaired) electrons. The molecular weight excluding hydrogens is 396 g/mol. The first-order chi connectivity index (χ1) is 13.7. The van der Waals surface area contributed by atoms with Gasteiger partial charge in [-0.1, -0.05) is 30.7 Å². The van der Waals surface area contributed by atoms with Crippen LogP contribution < -0.4 is 10.1 Å². The van der Waals surface area contributed by atoms with Crippen LogP contribution in [0.2, 0.25) is 5.02 Å². The van der Waals surface area contributed by atoms with E-state index in [1.165, 1.54) is 11.3 Å². The maximum atomic E-state index is 10.8. The molecule has 28 heavy (non-hydrogen) atoms. The molecule has 0 amide bonds. The summed E-state index contributed by atoms with van der Waals surface area (Å²) in [6, 6.07) is 10.8. The fourth-order valence-corrected chi connectivity index (χ4v) is 3.17. The second kappa shape index (κ2) is 9.45. The number of hydrogen-bond donors (Lipinski definition) is 1. The number of benzene rings is 1. The minimum Gasteiger partial charge on any atom is -0.437 e. The van der Waals surface area contributed by atoms with Crippen LogP contribution in [0.1, 0.15) is 16.6 Å². The summed E-state index contributed by atoms with van der Waals surface area (Å²) >= 11 is 7.47. The number of fused-ring (bicyclic) bond motifs is 1. The smallest absolute Gasteiger partial charge is 0.220 e. The van der Waals surface area contributed by atoms with Gasteiger partial charge in [-0.15, -0.1) is 11.3 Å². The van der Waals surface area contributed by atoms with Gasteiger partial charge in [-0.3, -0.25) is 4.79 Å². The van der Waals surface area contributed by atoms with Crippen LogP contribution in [-0.2, 0) is 0 Å². The third-order valence-electron chi connectivity index (χ3n) is 3.80. The SMILES string of the molecule is CCNC.O=Cc1cc(-n2ncc3cc(Oc4ccccc4Cl)ncc32)cs1. The first-order valence-electron chi connectivity index (χ1n) is 8.61. The summed E-state index contributed by atoms with van der Waals surface area (Å²) in [5.41, 5.74) is 1.66. The Hall–Kier alpha value is -2.74. The zero-order chi connectivity index (χ0) is 19.9. The molecule has 0 aliphatic rings. The number of carbonyl (C=O) groups excluding carboxylic acids is 1. The fourth-order valence-electron chi connectivity index (χ4n) is 2.32. The number of rotatable bonds is 5. The van der Waals surface area contributed by atoms with Crippen molar-refractivity contribution in [2.45, 2.75) is 6.92 Å². The van der Waals surface area contributed by atoms with Crippen molar-refractivity contribution in [3.8, 4) is 17.3 Å². The van der Waals surface area contributed by atoms with E-state index < -0.39 is 0 Å². The number of pyridine rings is 1. The largest absolute Gasteiger partial charge is 0.437 e. The highest BCUT2D eigenvalue weighted by molar-refractivity contribution is 7.12. The molecule has 6 nitrogen and oxygen atoms in total. The summed E-state index contributed by atoms with van der Waals surface area (Å²) in [6.45, 7) is 3.14. The molecule has 144 valence electrons. The number of thiophene rings is 1. The minimum atomic E-state index is 0.439. The maximum Gasteiger partial charge on any atom is 0.220 e. The number of nitrogens with zero attached hydrogens (tertiary/aromatic N) is 3. The van der Waals surface area contributed by atoms with E-state index >= 15 is 0 Å². The van der Waals surface area contributed by atoms with Gasteiger partial charge >= 0.3 is 0 Å². The van der Waals surface area contributed by atoms with Crippen molar-refractivity contribution in [1.82, 2.24) is 20.1 Å². The summed E-state index contributed by atoms with van der Waals surface area (Å²) in [7, 11) is 1.93. The minimum absolute atomic E-state index is 0.439.